The lowest BCUT2D eigenvalue weighted by molar-refractivity contribution is 0.0696. The summed E-state index contributed by atoms with van der Waals surface area (Å²) >= 11 is 0. The summed E-state index contributed by atoms with van der Waals surface area (Å²) in [6.45, 7) is 0.800. The van der Waals surface area contributed by atoms with Gasteiger partial charge in [-0.2, -0.15) is 0 Å². The van der Waals surface area contributed by atoms with Gasteiger partial charge in [-0.25, -0.2) is 9.18 Å². The van der Waals surface area contributed by atoms with Crippen molar-refractivity contribution in [3.05, 3.63) is 29.6 Å². The molecule has 0 fully saturated rings. The fraction of sp³-hybridized carbons (Fsp3) is 0.364. The van der Waals surface area contributed by atoms with Crippen LogP contribution in [0.1, 0.15) is 16.8 Å². The minimum Gasteiger partial charge on any atom is -0.490 e. The molecule has 0 bridgehead atoms. The highest BCUT2D eigenvalue weighted by molar-refractivity contribution is 5.88. The summed E-state index contributed by atoms with van der Waals surface area (Å²) in [5.41, 5.74) is 0.00291. The Labute approximate surface area is 92.6 Å². The van der Waals surface area contributed by atoms with E-state index in [9.17, 15) is 9.18 Å². The molecule has 1 aromatic rings. The van der Waals surface area contributed by atoms with Crippen molar-refractivity contribution in [2.45, 2.75) is 6.42 Å². The van der Waals surface area contributed by atoms with E-state index in [4.69, 9.17) is 14.6 Å². The van der Waals surface area contributed by atoms with Gasteiger partial charge in [0.15, 0.2) is 11.6 Å². The van der Waals surface area contributed by atoms with Crippen molar-refractivity contribution in [1.29, 1.82) is 0 Å². The largest absolute Gasteiger partial charge is 0.490 e. The van der Waals surface area contributed by atoms with Crippen LogP contribution in [0, 0.1) is 5.82 Å². The third-order valence-corrected chi connectivity index (χ3v) is 1.93. The van der Waals surface area contributed by atoms with Gasteiger partial charge in [0.25, 0.3) is 0 Å². The van der Waals surface area contributed by atoms with E-state index >= 15 is 0 Å². The molecule has 0 heterocycles. The summed E-state index contributed by atoms with van der Waals surface area (Å²) < 4.78 is 23.1. The molecule has 16 heavy (non-hydrogen) atoms. The zero-order valence-electron chi connectivity index (χ0n) is 8.90. The number of carboxylic acid groups (broad SMARTS) is 1. The summed E-state index contributed by atoms with van der Waals surface area (Å²) in [6.07, 6.45) is 0.618. The van der Waals surface area contributed by atoms with Crippen LogP contribution in [0.15, 0.2) is 18.2 Å². The normalized spacial score (nSPS) is 10.1. The Morgan fingerprint density at radius 1 is 1.44 bits per heavy atom. The van der Waals surface area contributed by atoms with Gasteiger partial charge in [0.2, 0.25) is 0 Å². The average Bonchev–Trinajstić information content (AvgIpc) is 2.26. The van der Waals surface area contributed by atoms with Gasteiger partial charge in [-0.3, -0.25) is 0 Å². The molecule has 0 amide bonds. The molecule has 0 radical (unpaired) electrons. The van der Waals surface area contributed by atoms with E-state index in [0.29, 0.717) is 13.0 Å². The monoisotopic (exact) mass is 228 g/mol. The van der Waals surface area contributed by atoms with Gasteiger partial charge in [-0.1, -0.05) is 0 Å². The van der Waals surface area contributed by atoms with Crippen molar-refractivity contribution in [3.63, 3.8) is 0 Å². The molecule has 1 rings (SSSR count). The second-order valence-electron chi connectivity index (χ2n) is 3.15. The van der Waals surface area contributed by atoms with Gasteiger partial charge in [0.1, 0.15) is 0 Å². The molecular formula is C11H13FO4. The van der Waals surface area contributed by atoms with E-state index in [1.165, 1.54) is 12.1 Å². The zero-order valence-corrected chi connectivity index (χ0v) is 8.90. The summed E-state index contributed by atoms with van der Waals surface area (Å²) in [7, 11) is 1.56. The SMILES string of the molecule is COCCCOc1cc(C(=O)O)ccc1F. The second-order valence-corrected chi connectivity index (χ2v) is 3.15. The van der Waals surface area contributed by atoms with Gasteiger partial charge in [0.05, 0.1) is 12.2 Å². The fourth-order valence-electron chi connectivity index (χ4n) is 1.13. The third-order valence-electron chi connectivity index (χ3n) is 1.93. The third kappa shape index (κ3) is 3.51. The minimum atomic E-state index is -1.11. The predicted molar refractivity (Wildman–Crippen MR) is 55.3 cm³/mol. The van der Waals surface area contributed by atoms with Crippen molar-refractivity contribution in [2.24, 2.45) is 0 Å². The Morgan fingerprint density at radius 3 is 2.81 bits per heavy atom. The molecular weight excluding hydrogens is 215 g/mol. The predicted octanol–water partition coefficient (Wildman–Crippen LogP) is 1.94. The van der Waals surface area contributed by atoms with Crippen LogP contribution >= 0.6 is 0 Å². The Kier molecular flexibility index (Phi) is 4.72. The van der Waals surface area contributed by atoms with Crippen LogP contribution in [0.25, 0.3) is 0 Å². The van der Waals surface area contributed by atoms with Crippen molar-refractivity contribution >= 4 is 5.97 Å². The first-order chi connectivity index (χ1) is 7.65. The van der Waals surface area contributed by atoms with Crippen LogP contribution in [0.2, 0.25) is 0 Å². The summed E-state index contributed by atoms with van der Waals surface area (Å²) in [4.78, 5) is 10.6. The number of carboxylic acids is 1. The standard InChI is InChI=1S/C11H13FO4/c1-15-5-2-6-16-10-7-8(11(13)14)3-4-9(10)12/h3-4,7H,2,5-6H2,1H3,(H,13,14). The van der Waals surface area contributed by atoms with E-state index in [-0.39, 0.29) is 17.9 Å². The molecule has 88 valence electrons. The number of methoxy groups -OCH3 is 1. The molecule has 4 nitrogen and oxygen atoms in total. The van der Waals surface area contributed by atoms with Gasteiger partial charge >= 0.3 is 5.97 Å². The van der Waals surface area contributed by atoms with Crippen LogP contribution in [-0.2, 0) is 4.74 Å². The summed E-state index contributed by atoms with van der Waals surface area (Å²) in [5, 5.41) is 8.71. The number of ether oxygens (including phenoxy) is 2. The molecule has 0 saturated carbocycles. The van der Waals surface area contributed by atoms with Crippen LogP contribution in [0.4, 0.5) is 4.39 Å². The molecule has 5 heteroatoms. The van der Waals surface area contributed by atoms with Gasteiger partial charge in [-0.05, 0) is 18.2 Å². The van der Waals surface area contributed by atoms with Gasteiger partial charge in [0, 0.05) is 20.1 Å². The molecule has 0 saturated heterocycles. The Hall–Kier alpha value is -1.62. The lowest BCUT2D eigenvalue weighted by Crippen LogP contribution is -2.04. The smallest absolute Gasteiger partial charge is 0.335 e. The molecule has 0 aliphatic carbocycles. The lowest BCUT2D eigenvalue weighted by Gasteiger charge is -2.07. The molecule has 1 N–H and O–H groups in total. The number of carbonyl (C=O) groups is 1. The van der Waals surface area contributed by atoms with E-state index in [2.05, 4.69) is 0 Å². The van der Waals surface area contributed by atoms with Crippen molar-refractivity contribution in [3.8, 4) is 5.75 Å². The van der Waals surface area contributed by atoms with Crippen molar-refractivity contribution in [2.75, 3.05) is 20.3 Å². The first-order valence-electron chi connectivity index (χ1n) is 4.79. The van der Waals surface area contributed by atoms with E-state index in [0.717, 1.165) is 6.07 Å². The molecule has 0 spiro atoms. The molecule has 0 aliphatic rings. The number of rotatable bonds is 6. The first kappa shape index (κ1) is 12.4. The van der Waals surface area contributed by atoms with E-state index in [1.807, 2.05) is 0 Å². The number of halogens is 1. The Bertz CT molecular complexity index is 365. The molecule has 0 aliphatic heterocycles. The second kappa shape index (κ2) is 6.07. The summed E-state index contributed by atoms with van der Waals surface area (Å²) in [6, 6.07) is 3.44. The first-order valence-corrected chi connectivity index (χ1v) is 4.79. The summed E-state index contributed by atoms with van der Waals surface area (Å²) in [5.74, 6) is -1.72. The molecule has 0 aromatic heterocycles. The topological polar surface area (TPSA) is 55.8 Å². The number of benzene rings is 1. The van der Waals surface area contributed by atoms with Crippen LogP contribution in [0.5, 0.6) is 5.75 Å². The number of hydrogen-bond acceptors (Lipinski definition) is 3. The lowest BCUT2D eigenvalue weighted by atomic mass is 10.2. The molecule has 0 unspecified atom stereocenters. The van der Waals surface area contributed by atoms with Gasteiger partial charge in [-0.15, -0.1) is 0 Å². The molecule has 0 atom stereocenters. The number of hydrogen-bond donors (Lipinski definition) is 1. The minimum absolute atomic E-state index is 0.00291. The van der Waals surface area contributed by atoms with Crippen LogP contribution in [-0.4, -0.2) is 31.4 Å². The van der Waals surface area contributed by atoms with Gasteiger partial charge < -0.3 is 14.6 Å². The zero-order chi connectivity index (χ0) is 12.0. The average molecular weight is 228 g/mol. The van der Waals surface area contributed by atoms with E-state index in [1.54, 1.807) is 7.11 Å². The van der Waals surface area contributed by atoms with E-state index < -0.39 is 11.8 Å². The maximum absolute atomic E-state index is 13.2. The molecule has 1 aromatic carbocycles. The Balaban J connectivity index is 2.63. The van der Waals surface area contributed by atoms with Crippen LogP contribution < -0.4 is 4.74 Å². The van der Waals surface area contributed by atoms with Crippen molar-refractivity contribution < 1.29 is 23.8 Å². The van der Waals surface area contributed by atoms with Crippen LogP contribution in [0.3, 0.4) is 0 Å². The fourth-order valence-corrected chi connectivity index (χ4v) is 1.13. The maximum atomic E-state index is 13.2. The highest BCUT2D eigenvalue weighted by Gasteiger charge is 2.09. The highest BCUT2D eigenvalue weighted by atomic mass is 19.1. The van der Waals surface area contributed by atoms with Crippen molar-refractivity contribution in [1.82, 2.24) is 0 Å². The quantitative estimate of drug-likeness (QED) is 0.756. The Morgan fingerprint density at radius 2 is 2.19 bits per heavy atom. The highest BCUT2D eigenvalue weighted by Crippen LogP contribution is 2.19. The maximum Gasteiger partial charge on any atom is 0.335 e. The number of aromatic carboxylic acids is 1.